The van der Waals surface area contributed by atoms with E-state index in [0.717, 1.165) is 47.7 Å². The van der Waals surface area contributed by atoms with E-state index in [-0.39, 0.29) is 18.1 Å². The van der Waals surface area contributed by atoms with Gasteiger partial charge in [-0.25, -0.2) is 8.78 Å². The average Bonchev–Trinajstić information content (AvgIpc) is 3.24. The van der Waals surface area contributed by atoms with Gasteiger partial charge in [-0.15, -0.1) is 0 Å². The van der Waals surface area contributed by atoms with Gasteiger partial charge in [-0.1, -0.05) is 0 Å². The van der Waals surface area contributed by atoms with Crippen LogP contribution in [0.15, 0.2) is 29.1 Å². The van der Waals surface area contributed by atoms with Crippen LogP contribution in [0.2, 0.25) is 0 Å². The molecule has 2 aliphatic heterocycles. The molecule has 1 fully saturated rings. The van der Waals surface area contributed by atoms with Gasteiger partial charge < -0.3 is 24.1 Å². The standard InChI is InChI=1S/C22H26F2N2O4/c1-28-12-18-16-6-7-26-19(17(16)4-5-20(18)30-13-21(23)24)9-14(27)10-22(26)25-11-15-3-2-8-29-15/h4-5,9-10,15,21,25H,2-3,6-8,11-13H2,1H3. The lowest BCUT2D eigenvalue weighted by atomic mass is 9.92. The first kappa shape index (κ1) is 20.8. The molecule has 0 radical (unpaired) electrons. The van der Waals surface area contributed by atoms with Gasteiger partial charge in [-0.05, 0) is 37.0 Å². The Bertz CT molecular complexity index is 955. The summed E-state index contributed by atoms with van der Waals surface area (Å²) in [6.07, 6.45) is 0.375. The van der Waals surface area contributed by atoms with Crippen LogP contribution in [-0.2, 0) is 29.0 Å². The number of halogens is 2. The maximum atomic E-state index is 12.6. The van der Waals surface area contributed by atoms with Gasteiger partial charge >= 0.3 is 0 Å². The van der Waals surface area contributed by atoms with Crippen LogP contribution in [0.3, 0.4) is 0 Å². The summed E-state index contributed by atoms with van der Waals surface area (Å²) in [5, 5.41) is 3.38. The molecule has 0 amide bonds. The SMILES string of the molecule is COCc1c(OCC(F)F)ccc2c1CCn1c(NCC3CCCO3)cc(=O)cc1-2. The van der Waals surface area contributed by atoms with Crippen molar-refractivity contribution in [3.63, 3.8) is 0 Å². The van der Waals surface area contributed by atoms with Crippen LogP contribution < -0.4 is 15.5 Å². The third kappa shape index (κ3) is 4.34. The molecule has 1 atom stereocenters. The van der Waals surface area contributed by atoms with Gasteiger partial charge in [0.05, 0.1) is 18.4 Å². The van der Waals surface area contributed by atoms with E-state index in [1.165, 1.54) is 0 Å². The molecule has 1 saturated heterocycles. The number of nitrogens with one attached hydrogen (secondary N) is 1. The highest BCUT2D eigenvalue weighted by Gasteiger charge is 2.24. The Kier molecular flexibility index (Phi) is 6.34. The molecule has 2 aliphatic rings. The zero-order valence-electron chi connectivity index (χ0n) is 17.0. The van der Waals surface area contributed by atoms with E-state index in [0.29, 0.717) is 25.3 Å². The minimum Gasteiger partial charge on any atom is -0.487 e. The van der Waals surface area contributed by atoms with Crippen LogP contribution in [-0.4, -0.2) is 44.0 Å². The molecule has 6 nitrogen and oxygen atoms in total. The number of hydrogen-bond donors (Lipinski definition) is 1. The first-order valence-electron chi connectivity index (χ1n) is 10.2. The number of benzene rings is 1. The molecule has 0 saturated carbocycles. The Hall–Kier alpha value is -2.45. The van der Waals surface area contributed by atoms with Gasteiger partial charge in [-0.3, -0.25) is 4.79 Å². The molecule has 8 heteroatoms. The van der Waals surface area contributed by atoms with Crippen molar-refractivity contribution in [1.29, 1.82) is 0 Å². The van der Waals surface area contributed by atoms with Gasteiger partial charge in [0.25, 0.3) is 6.43 Å². The van der Waals surface area contributed by atoms with Crippen molar-refractivity contribution in [1.82, 2.24) is 4.57 Å². The number of anilines is 1. The highest BCUT2D eigenvalue weighted by molar-refractivity contribution is 5.71. The Morgan fingerprint density at radius 1 is 1.33 bits per heavy atom. The summed E-state index contributed by atoms with van der Waals surface area (Å²) < 4.78 is 43.7. The smallest absolute Gasteiger partial charge is 0.272 e. The molecule has 30 heavy (non-hydrogen) atoms. The lowest BCUT2D eigenvalue weighted by molar-refractivity contribution is 0.0798. The number of hydrogen-bond acceptors (Lipinski definition) is 5. The van der Waals surface area contributed by atoms with Gasteiger partial charge in [0.1, 0.15) is 18.2 Å². The maximum absolute atomic E-state index is 12.6. The highest BCUT2D eigenvalue weighted by atomic mass is 19.3. The minimum atomic E-state index is -2.55. The predicted octanol–water partition coefficient (Wildman–Crippen LogP) is 3.45. The van der Waals surface area contributed by atoms with Crippen LogP contribution in [0.4, 0.5) is 14.6 Å². The topological polar surface area (TPSA) is 61.7 Å². The fourth-order valence-corrected chi connectivity index (χ4v) is 4.24. The number of nitrogens with zero attached hydrogens (tertiary/aromatic N) is 1. The number of aromatic nitrogens is 1. The van der Waals surface area contributed by atoms with Crippen molar-refractivity contribution in [2.24, 2.45) is 0 Å². The molecule has 4 rings (SSSR count). The summed E-state index contributed by atoms with van der Waals surface area (Å²) in [6.45, 7) is 1.69. The van der Waals surface area contributed by atoms with E-state index in [1.54, 1.807) is 25.3 Å². The molecule has 2 aromatic rings. The van der Waals surface area contributed by atoms with Crippen LogP contribution >= 0.6 is 0 Å². The van der Waals surface area contributed by atoms with Gasteiger partial charge in [-0.2, -0.15) is 0 Å². The van der Waals surface area contributed by atoms with Crippen molar-refractivity contribution in [2.45, 2.75) is 44.9 Å². The number of fused-ring (bicyclic) bond motifs is 3. The van der Waals surface area contributed by atoms with Gasteiger partial charge in [0.15, 0.2) is 5.43 Å². The van der Waals surface area contributed by atoms with E-state index in [9.17, 15) is 13.6 Å². The third-order valence-corrected chi connectivity index (χ3v) is 5.58. The first-order chi connectivity index (χ1) is 14.6. The van der Waals surface area contributed by atoms with E-state index in [2.05, 4.69) is 9.88 Å². The van der Waals surface area contributed by atoms with Crippen molar-refractivity contribution >= 4 is 5.82 Å². The Labute approximate surface area is 173 Å². The van der Waals surface area contributed by atoms with Gasteiger partial charge in [0.2, 0.25) is 0 Å². The summed E-state index contributed by atoms with van der Waals surface area (Å²) >= 11 is 0. The molecule has 3 heterocycles. The second kappa shape index (κ2) is 9.14. The van der Waals surface area contributed by atoms with Crippen molar-refractivity contribution in [3.8, 4) is 17.0 Å². The summed E-state index contributed by atoms with van der Waals surface area (Å²) in [7, 11) is 1.56. The molecule has 162 valence electrons. The number of pyridine rings is 1. The van der Waals surface area contributed by atoms with Crippen LogP contribution in [0, 0.1) is 0 Å². The molecule has 0 aliphatic carbocycles. The fraction of sp³-hybridized carbons (Fsp3) is 0.500. The van der Waals surface area contributed by atoms with E-state index in [1.807, 2.05) is 6.07 Å². The van der Waals surface area contributed by atoms with Crippen molar-refractivity contribution in [2.75, 3.05) is 32.2 Å². The van der Waals surface area contributed by atoms with E-state index < -0.39 is 13.0 Å². The number of rotatable bonds is 8. The summed E-state index contributed by atoms with van der Waals surface area (Å²) in [5.41, 5.74) is 3.34. The van der Waals surface area contributed by atoms with Crippen LogP contribution in [0.25, 0.3) is 11.3 Å². The molecule has 1 aromatic heterocycles. The monoisotopic (exact) mass is 420 g/mol. The summed E-state index contributed by atoms with van der Waals surface area (Å²) in [4.78, 5) is 12.4. The fourth-order valence-electron chi connectivity index (χ4n) is 4.24. The van der Waals surface area contributed by atoms with Crippen LogP contribution in [0.5, 0.6) is 5.75 Å². The molecular formula is C22H26F2N2O4. The largest absolute Gasteiger partial charge is 0.487 e. The Balaban J connectivity index is 1.69. The predicted molar refractivity (Wildman–Crippen MR) is 110 cm³/mol. The first-order valence-corrected chi connectivity index (χ1v) is 10.2. The van der Waals surface area contributed by atoms with Crippen molar-refractivity contribution in [3.05, 3.63) is 45.6 Å². The molecule has 1 unspecified atom stereocenters. The number of methoxy groups -OCH3 is 1. The van der Waals surface area contributed by atoms with E-state index >= 15 is 0 Å². The molecular weight excluding hydrogens is 394 g/mol. The second-order valence-corrected chi connectivity index (χ2v) is 7.58. The zero-order valence-corrected chi connectivity index (χ0v) is 17.0. The summed E-state index contributed by atoms with van der Waals surface area (Å²) in [6, 6.07) is 6.75. The third-order valence-electron chi connectivity index (χ3n) is 5.58. The quantitative estimate of drug-likeness (QED) is 0.709. The second-order valence-electron chi connectivity index (χ2n) is 7.58. The molecule has 0 spiro atoms. The molecule has 0 bridgehead atoms. The number of alkyl halides is 2. The van der Waals surface area contributed by atoms with Crippen LogP contribution in [0.1, 0.15) is 24.0 Å². The van der Waals surface area contributed by atoms with Gasteiger partial charge in [0, 0.05) is 50.1 Å². The average molecular weight is 420 g/mol. The summed E-state index contributed by atoms with van der Waals surface area (Å²) in [5.74, 6) is 1.17. The van der Waals surface area contributed by atoms with E-state index in [4.69, 9.17) is 14.2 Å². The maximum Gasteiger partial charge on any atom is 0.272 e. The highest BCUT2D eigenvalue weighted by Crippen LogP contribution is 2.37. The minimum absolute atomic E-state index is 0.0877. The normalized spacial score (nSPS) is 17.7. The number of ether oxygens (including phenoxy) is 3. The Morgan fingerprint density at radius 3 is 2.93 bits per heavy atom. The molecule has 1 N–H and O–H groups in total. The molecule has 1 aromatic carbocycles. The Morgan fingerprint density at radius 2 is 2.20 bits per heavy atom. The lowest BCUT2D eigenvalue weighted by Crippen LogP contribution is -2.25. The van der Waals surface area contributed by atoms with Crippen molar-refractivity contribution < 1.29 is 23.0 Å². The zero-order chi connectivity index (χ0) is 21.1. The lowest BCUT2D eigenvalue weighted by Gasteiger charge is -2.28.